The van der Waals surface area contributed by atoms with Crippen LogP contribution in [0.15, 0.2) is 58.6 Å². The van der Waals surface area contributed by atoms with Crippen LogP contribution in [0.4, 0.5) is 0 Å². The van der Waals surface area contributed by atoms with E-state index >= 15 is 0 Å². The Morgan fingerprint density at radius 1 is 1.26 bits per heavy atom. The summed E-state index contributed by atoms with van der Waals surface area (Å²) in [4.78, 5) is 16.2. The molecule has 3 nitrogen and oxygen atoms in total. The van der Waals surface area contributed by atoms with Crippen LogP contribution < -0.4 is 5.73 Å². The van der Waals surface area contributed by atoms with E-state index in [2.05, 4.69) is 36.2 Å². The molecule has 4 heteroatoms. The van der Waals surface area contributed by atoms with Gasteiger partial charge in [0.05, 0.1) is 0 Å². The molecule has 0 unspecified atom stereocenters. The smallest absolute Gasteiger partial charge is 0.241 e. The second-order valence-corrected chi connectivity index (χ2v) is 5.11. The Kier molecular flexibility index (Phi) is 4.36. The standard InChI is InChI=1S/C15H14N2OS/c1-11-4-7-13(8-5-11)19-15-12(3-2-10-17-15)6-9-14(16)18/h2-10H,1H3,(H2,16,18)/b9-6+. The number of carbonyl (C=O) groups is 1. The summed E-state index contributed by atoms with van der Waals surface area (Å²) in [5.74, 6) is -0.463. The minimum Gasteiger partial charge on any atom is -0.366 e. The van der Waals surface area contributed by atoms with Crippen molar-refractivity contribution >= 4 is 23.7 Å². The van der Waals surface area contributed by atoms with Crippen LogP contribution in [0, 0.1) is 6.92 Å². The van der Waals surface area contributed by atoms with E-state index in [-0.39, 0.29) is 0 Å². The first-order valence-corrected chi connectivity index (χ1v) is 6.64. The molecule has 96 valence electrons. The average molecular weight is 270 g/mol. The van der Waals surface area contributed by atoms with Gasteiger partial charge in [-0.1, -0.05) is 35.5 Å². The quantitative estimate of drug-likeness (QED) is 0.869. The number of rotatable bonds is 4. The minimum atomic E-state index is -0.463. The van der Waals surface area contributed by atoms with E-state index in [1.807, 2.05) is 12.1 Å². The third-order valence-electron chi connectivity index (χ3n) is 2.46. The van der Waals surface area contributed by atoms with Gasteiger partial charge in [-0.05, 0) is 31.2 Å². The van der Waals surface area contributed by atoms with Crippen LogP contribution in [0.2, 0.25) is 0 Å². The molecular weight excluding hydrogens is 256 g/mol. The average Bonchev–Trinajstić information content (AvgIpc) is 2.40. The molecule has 0 saturated heterocycles. The highest BCUT2D eigenvalue weighted by Gasteiger charge is 2.03. The number of aryl methyl sites for hydroxylation is 1. The summed E-state index contributed by atoms with van der Waals surface area (Å²) in [6, 6.07) is 12.0. The van der Waals surface area contributed by atoms with Crippen molar-refractivity contribution in [3.8, 4) is 0 Å². The Bertz CT molecular complexity index is 606. The third-order valence-corrected chi connectivity index (χ3v) is 3.51. The van der Waals surface area contributed by atoms with Crippen molar-refractivity contribution < 1.29 is 4.79 Å². The zero-order valence-electron chi connectivity index (χ0n) is 10.5. The molecule has 2 N–H and O–H groups in total. The van der Waals surface area contributed by atoms with Gasteiger partial charge in [-0.3, -0.25) is 4.79 Å². The molecule has 0 radical (unpaired) electrons. The number of nitrogens with two attached hydrogens (primary N) is 1. The van der Waals surface area contributed by atoms with E-state index in [1.165, 1.54) is 11.6 Å². The maximum Gasteiger partial charge on any atom is 0.241 e. The maximum atomic E-state index is 10.8. The van der Waals surface area contributed by atoms with E-state index in [9.17, 15) is 4.79 Å². The number of benzene rings is 1. The van der Waals surface area contributed by atoms with Gasteiger partial charge in [-0.15, -0.1) is 0 Å². The van der Waals surface area contributed by atoms with Gasteiger partial charge >= 0.3 is 0 Å². The summed E-state index contributed by atoms with van der Waals surface area (Å²) in [7, 11) is 0. The number of hydrogen-bond donors (Lipinski definition) is 1. The monoisotopic (exact) mass is 270 g/mol. The molecule has 1 heterocycles. The number of amides is 1. The summed E-state index contributed by atoms with van der Waals surface area (Å²) < 4.78 is 0. The second kappa shape index (κ2) is 6.20. The number of carbonyl (C=O) groups excluding carboxylic acids is 1. The van der Waals surface area contributed by atoms with E-state index < -0.39 is 5.91 Å². The summed E-state index contributed by atoms with van der Waals surface area (Å²) in [5.41, 5.74) is 7.21. The minimum absolute atomic E-state index is 0.463. The van der Waals surface area contributed by atoms with Gasteiger partial charge in [-0.2, -0.15) is 0 Å². The predicted octanol–water partition coefficient (Wildman–Crippen LogP) is 3.04. The molecule has 0 aliphatic rings. The molecule has 1 aromatic heterocycles. The number of primary amides is 1. The van der Waals surface area contributed by atoms with Crippen molar-refractivity contribution in [2.75, 3.05) is 0 Å². The Balaban J connectivity index is 2.24. The van der Waals surface area contributed by atoms with Gasteiger partial charge in [0.2, 0.25) is 5.91 Å². The zero-order valence-corrected chi connectivity index (χ0v) is 11.4. The summed E-state index contributed by atoms with van der Waals surface area (Å²) in [6.45, 7) is 2.05. The number of pyridine rings is 1. The number of hydrogen-bond acceptors (Lipinski definition) is 3. The highest BCUT2D eigenvalue weighted by atomic mass is 32.2. The van der Waals surface area contributed by atoms with Crippen molar-refractivity contribution in [3.05, 3.63) is 59.8 Å². The lowest BCUT2D eigenvalue weighted by Gasteiger charge is -2.04. The van der Waals surface area contributed by atoms with Crippen LogP contribution in [0.1, 0.15) is 11.1 Å². The molecule has 0 fully saturated rings. The Morgan fingerprint density at radius 3 is 2.68 bits per heavy atom. The first-order valence-electron chi connectivity index (χ1n) is 5.82. The van der Waals surface area contributed by atoms with Gasteiger partial charge in [0.25, 0.3) is 0 Å². The first-order chi connectivity index (χ1) is 9.15. The molecule has 1 amide bonds. The highest BCUT2D eigenvalue weighted by molar-refractivity contribution is 7.99. The second-order valence-electron chi connectivity index (χ2n) is 4.05. The molecule has 0 saturated carbocycles. The SMILES string of the molecule is Cc1ccc(Sc2ncccc2/C=C/C(N)=O)cc1. The summed E-state index contributed by atoms with van der Waals surface area (Å²) in [6.07, 6.45) is 4.76. The molecule has 1 aromatic carbocycles. The zero-order chi connectivity index (χ0) is 13.7. The van der Waals surface area contributed by atoms with Crippen LogP contribution in [0.5, 0.6) is 0 Å². The Morgan fingerprint density at radius 2 is 2.00 bits per heavy atom. The maximum absolute atomic E-state index is 10.8. The lowest BCUT2D eigenvalue weighted by molar-refractivity contribution is -0.113. The molecule has 0 atom stereocenters. The van der Waals surface area contributed by atoms with Crippen molar-refractivity contribution in [2.24, 2.45) is 5.73 Å². The normalized spacial score (nSPS) is 10.8. The summed E-state index contributed by atoms with van der Waals surface area (Å²) in [5, 5.41) is 0.851. The highest BCUT2D eigenvalue weighted by Crippen LogP contribution is 2.29. The largest absolute Gasteiger partial charge is 0.366 e. The van der Waals surface area contributed by atoms with Crippen LogP contribution in [-0.2, 0) is 4.79 Å². The molecule has 0 aliphatic carbocycles. The van der Waals surface area contributed by atoms with Gasteiger partial charge in [0.15, 0.2) is 0 Å². The van der Waals surface area contributed by atoms with Crippen LogP contribution in [0.3, 0.4) is 0 Å². The topological polar surface area (TPSA) is 56.0 Å². The van der Waals surface area contributed by atoms with Gasteiger partial charge in [-0.25, -0.2) is 4.98 Å². The fourth-order valence-electron chi connectivity index (χ4n) is 1.51. The predicted molar refractivity (Wildman–Crippen MR) is 77.8 cm³/mol. The molecule has 2 aromatic rings. The van der Waals surface area contributed by atoms with E-state index in [0.29, 0.717) is 0 Å². The first kappa shape index (κ1) is 13.4. The molecule has 19 heavy (non-hydrogen) atoms. The Labute approximate surface area is 116 Å². The van der Waals surface area contributed by atoms with Crippen LogP contribution >= 0.6 is 11.8 Å². The molecule has 0 bridgehead atoms. The molecule has 0 aliphatic heterocycles. The number of nitrogens with zero attached hydrogens (tertiary/aromatic N) is 1. The fraction of sp³-hybridized carbons (Fsp3) is 0.0667. The third kappa shape index (κ3) is 3.96. The lowest BCUT2D eigenvalue weighted by Crippen LogP contribution is -2.05. The summed E-state index contributed by atoms with van der Waals surface area (Å²) >= 11 is 1.56. The van der Waals surface area contributed by atoms with E-state index in [1.54, 1.807) is 24.0 Å². The van der Waals surface area contributed by atoms with Gasteiger partial charge < -0.3 is 5.73 Å². The molecule has 2 rings (SSSR count). The van der Waals surface area contributed by atoms with Crippen molar-refractivity contribution in [2.45, 2.75) is 16.8 Å². The van der Waals surface area contributed by atoms with Crippen molar-refractivity contribution in [3.63, 3.8) is 0 Å². The van der Waals surface area contributed by atoms with E-state index in [0.717, 1.165) is 15.5 Å². The van der Waals surface area contributed by atoms with E-state index in [4.69, 9.17) is 5.73 Å². The van der Waals surface area contributed by atoms with Gasteiger partial charge in [0, 0.05) is 22.7 Å². The Hall–Kier alpha value is -2.07. The molecular formula is C15H14N2OS. The van der Waals surface area contributed by atoms with Crippen molar-refractivity contribution in [1.29, 1.82) is 0 Å². The van der Waals surface area contributed by atoms with Gasteiger partial charge in [0.1, 0.15) is 5.03 Å². The number of aromatic nitrogens is 1. The van der Waals surface area contributed by atoms with Crippen molar-refractivity contribution in [1.82, 2.24) is 4.98 Å². The van der Waals surface area contributed by atoms with Crippen LogP contribution in [-0.4, -0.2) is 10.9 Å². The molecule has 0 spiro atoms. The lowest BCUT2D eigenvalue weighted by atomic mass is 10.2. The fourth-order valence-corrected chi connectivity index (χ4v) is 2.37. The van der Waals surface area contributed by atoms with Crippen LogP contribution in [0.25, 0.3) is 6.08 Å².